The Kier molecular flexibility index (Phi) is 3.05. The van der Waals surface area contributed by atoms with Gasteiger partial charge in [0.15, 0.2) is 17.5 Å². The van der Waals surface area contributed by atoms with E-state index < -0.39 is 28.9 Å². The van der Waals surface area contributed by atoms with Gasteiger partial charge in [0, 0.05) is 6.07 Å². The molecule has 2 aromatic rings. The van der Waals surface area contributed by atoms with E-state index in [1.54, 1.807) is 6.92 Å². The van der Waals surface area contributed by atoms with Crippen LogP contribution in [0.2, 0.25) is 0 Å². The minimum atomic E-state index is -1.70. The van der Waals surface area contributed by atoms with Crippen molar-refractivity contribution in [3.05, 3.63) is 46.9 Å². The molecular formula is C11H7F3N2O2. The number of anilines is 1. The summed E-state index contributed by atoms with van der Waals surface area (Å²) in [7, 11) is 0. The molecule has 0 aliphatic heterocycles. The van der Waals surface area contributed by atoms with E-state index in [0.29, 0.717) is 11.8 Å². The third-order valence-corrected chi connectivity index (χ3v) is 2.14. The van der Waals surface area contributed by atoms with Crippen LogP contribution in [0.5, 0.6) is 0 Å². The van der Waals surface area contributed by atoms with E-state index in [9.17, 15) is 18.0 Å². The summed E-state index contributed by atoms with van der Waals surface area (Å²) in [6.45, 7) is 1.62. The van der Waals surface area contributed by atoms with E-state index >= 15 is 0 Å². The molecule has 1 heterocycles. The Hall–Kier alpha value is -2.31. The molecule has 0 aliphatic carbocycles. The molecule has 0 atom stereocenters. The fraction of sp³-hybridized carbons (Fsp3) is 0.0909. The molecule has 94 valence electrons. The summed E-state index contributed by atoms with van der Waals surface area (Å²) in [5.41, 5.74) is -0.112. The van der Waals surface area contributed by atoms with E-state index in [0.717, 1.165) is 6.07 Å². The van der Waals surface area contributed by atoms with E-state index in [1.807, 2.05) is 0 Å². The zero-order valence-electron chi connectivity index (χ0n) is 9.13. The molecule has 0 unspecified atom stereocenters. The molecule has 1 N–H and O–H groups in total. The number of benzene rings is 1. The van der Waals surface area contributed by atoms with Crippen LogP contribution in [0.25, 0.3) is 0 Å². The highest BCUT2D eigenvalue weighted by Gasteiger charge is 2.19. The molecule has 1 aromatic heterocycles. The Balaban J connectivity index is 2.27. The van der Waals surface area contributed by atoms with Crippen molar-refractivity contribution in [1.29, 1.82) is 0 Å². The SMILES string of the molecule is Cc1cc(NC(=O)c2ccc(F)c(F)c2F)on1. The van der Waals surface area contributed by atoms with Gasteiger partial charge in [0.25, 0.3) is 5.91 Å². The summed E-state index contributed by atoms with van der Waals surface area (Å²) in [5, 5.41) is 5.67. The number of amides is 1. The predicted molar refractivity (Wildman–Crippen MR) is 55.5 cm³/mol. The van der Waals surface area contributed by atoms with E-state index in [2.05, 4.69) is 15.0 Å². The first kappa shape index (κ1) is 12.2. The zero-order chi connectivity index (χ0) is 13.3. The lowest BCUT2D eigenvalue weighted by Crippen LogP contribution is -2.14. The highest BCUT2D eigenvalue weighted by molar-refractivity contribution is 6.03. The summed E-state index contributed by atoms with van der Waals surface area (Å²) in [5.74, 6) is -5.58. The lowest BCUT2D eigenvalue weighted by Gasteiger charge is -2.03. The fourth-order valence-electron chi connectivity index (χ4n) is 1.30. The lowest BCUT2D eigenvalue weighted by atomic mass is 10.2. The number of hydrogen-bond acceptors (Lipinski definition) is 3. The molecule has 2 rings (SSSR count). The number of aryl methyl sites for hydroxylation is 1. The molecule has 0 saturated carbocycles. The van der Waals surface area contributed by atoms with Crippen LogP contribution in [-0.2, 0) is 0 Å². The maximum atomic E-state index is 13.3. The molecule has 0 fully saturated rings. The maximum absolute atomic E-state index is 13.3. The van der Waals surface area contributed by atoms with Crippen LogP contribution in [0.3, 0.4) is 0 Å². The van der Waals surface area contributed by atoms with Gasteiger partial charge in [-0.3, -0.25) is 10.1 Å². The molecule has 0 aliphatic rings. The van der Waals surface area contributed by atoms with Crippen molar-refractivity contribution in [1.82, 2.24) is 5.16 Å². The summed E-state index contributed by atoms with van der Waals surface area (Å²) >= 11 is 0. The molecule has 0 spiro atoms. The minimum absolute atomic E-state index is 0.0124. The predicted octanol–water partition coefficient (Wildman–Crippen LogP) is 2.65. The molecule has 1 amide bonds. The summed E-state index contributed by atoms with van der Waals surface area (Å²) in [4.78, 5) is 11.6. The van der Waals surface area contributed by atoms with Crippen molar-refractivity contribution in [2.75, 3.05) is 5.32 Å². The number of nitrogens with zero attached hydrogens (tertiary/aromatic N) is 1. The molecule has 7 heteroatoms. The van der Waals surface area contributed by atoms with Crippen LogP contribution in [0.4, 0.5) is 19.1 Å². The van der Waals surface area contributed by atoms with Crippen molar-refractivity contribution >= 4 is 11.8 Å². The second-order valence-corrected chi connectivity index (χ2v) is 3.51. The van der Waals surface area contributed by atoms with E-state index in [1.165, 1.54) is 6.07 Å². The normalized spacial score (nSPS) is 10.4. The van der Waals surface area contributed by atoms with Gasteiger partial charge in [-0.15, -0.1) is 0 Å². The third-order valence-electron chi connectivity index (χ3n) is 2.14. The topological polar surface area (TPSA) is 55.1 Å². The average Bonchev–Trinajstić information content (AvgIpc) is 2.71. The van der Waals surface area contributed by atoms with E-state index in [4.69, 9.17) is 0 Å². The maximum Gasteiger partial charge on any atom is 0.261 e. The number of nitrogens with one attached hydrogen (secondary N) is 1. The summed E-state index contributed by atoms with van der Waals surface area (Å²) < 4.78 is 43.6. The first-order chi connectivity index (χ1) is 8.49. The van der Waals surface area contributed by atoms with Crippen molar-refractivity contribution in [3.8, 4) is 0 Å². The second kappa shape index (κ2) is 4.52. The molecule has 18 heavy (non-hydrogen) atoms. The quantitative estimate of drug-likeness (QED) is 0.840. The van der Waals surface area contributed by atoms with Gasteiger partial charge in [-0.05, 0) is 19.1 Å². The average molecular weight is 256 g/mol. The highest BCUT2D eigenvalue weighted by atomic mass is 19.2. The Morgan fingerprint density at radius 3 is 2.61 bits per heavy atom. The first-order valence-corrected chi connectivity index (χ1v) is 4.87. The van der Waals surface area contributed by atoms with Crippen molar-refractivity contribution in [2.24, 2.45) is 0 Å². The van der Waals surface area contributed by atoms with Crippen LogP contribution < -0.4 is 5.32 Å². The fourth-order valence-corrected chi connectivity index (χ4v) is 1.30. The number of carbonyl (C=O) groups excluding carboxylic acids is 1. The number of carbonyl (C=O) groups is 1. The second-order valence-electron chi connectivity index (χ2n) is 3.51. The Bertz CT molecular complexity index is 610. The van der Waals surface area contributed by atoms with Crippen molar-refractivity contribution in [3.63, 3.8) is 0 Å². The molecular weight excluding hydrogens is 249 g/mol. The van der Waals surface area contributed by atoms with Gasteiger partial charge < -0.3 is 4.52 Å². The summed E-state index contributed by atoms with van der Waals surface area (Å²) in [6.07, 6.45) is 0. The van der Waals surface area contributed by atoms with Gasteiger partial charge in [0.05, 0.1) is 11.3 Å². The molecule has 1 aromatic carbocycles. The smallest absolute Gasteiger partial charge is 0.261 e. The molecule has 0 radical (unpaired) electrons. The number of rotatable bonds is 2. The monoisotopic (exact) mass is 256 g/mol. The van der Waals surface area contributed by atoms with Gasteiger partial charge in [-0.2, -0.15) is 0 Å². The number of hydrogen-bond donors (Lipinski definition) is 1. The van der Waals surface area contributed by atoms with Crippen LogP contribution >= 0.6 is 0 Å². The standard InChI is InChI=1S/C11H7F3N2O2/c1-5-4-8(18-16-5)15-11(17)6-2-3-7(12)10(14)9(6)13/h2-4H,1H3,(H,15,17). The van der Waals surface area contributed by atoms with Crippen molar-refractivity contribution in [2.45, 2.75) is 6.92 Å². The molecule has 0 saturated heterocycles. The van der Waals surface area contributed by atoms with Crippen LogP contribution in [0, 0.1) is 24.4 Å². The number of aromatic nitrogens is 1. The van der Waals surface area contributed by atoms with Crippen LogP contribution in [0.15, 0.2) is 22.7 Å². The van der Waals surface area contributed by atoms with Crippen LogP contribution in [-0.4, -0.2) is 11.1 Å². The molecule has 0 bridgehead atoms. The Morgan fingerprint density at radius 1 is 1.28 bits per heavy atom. The largest absolute Gasteiger partial charge is 0.338 e. The third kappa shape index (κ3) is 2.20. The molecule has 4 nitrogen and oxygen atoms in total. The minimum Gasteiger partial charge on any atom is -0.338 e. The van der Waals surface area contributed by atoms with Gasteiger partial charge in [-0.25, -0.2) is 13.2 Å². The van der Waals surface area contributed by atoms with Crippen molar-refractivity contribution < 1.29 is 22.5 Å². The van der Waals surface area contributed by atoms with E-state index in [-0.39, 0.29) is 5.88 Å². The van der Waals surface area contributed by atoms with Gasteiger partial charge >= 0.3 is 0 Å². The first-order valence-electron chi connectivity index (χ1n) is 4.87. The van der Waals surface area contributed by atoms with Gasteiger partial charge in [0.2, 0.25) is 5.88 Å². The summed E-state index contributed by atoms with van der Waals surface area (Å²) in [6, 6.07) is 2.90. The van der Waals surface area contributed by atoms with Gasteiger partial charge in [0.1, 0.15) is 0 Å². The Morgan fingerprint density at radius 2 is 2.00 bits per heavy atom. The van der Waals surface area contributed by atoms with Gasteiger partial charge in [-0.1, -0.05) is 5.16 Å². The highest BCUT2D eigenvalue weighted by Crippen LogP contribution is 2.17. The lowest BCUT2D eigenvalue weighted by molar-refractivity contribution is 0.101. The Labute approximate surface area is 99.4 Å². The zero-order valence-corrected chi connectivity index (χ0v) is 9.13. The van der Waals surface area contributed by atoms with Crippen LogP contribution in [0.1, 0.15) is 16.1 Å². The number of halogens is 3.